The van der Waals surface area contributed by atoms with Crippen LogP contribution in [0.3, 0.4) is 0 Å². The molecule has 0 radical (unpaired) electrons. The molecule has 21 heavy (non-hydrogen) atoms. The summed E-state index contributed by atoms with van der Waals surface area (Å²) in [5.74, 6) is 0.200. The fourth-order valence-electron chi connectivity index (χ4n) is 1.23. The zero-order chi connectivity index (χ0) is 16.3. The largest absolute Gasteiger partial charge is 0.355 e. The van der Waals surface area contributed by atoms with Crippen LogP contribution in [0.25, 0.3) is 0 Å². The summed E-state index contributed by atoms with van der Waals surface area (Å²) in [4.78, 5) is 18.6. The number of hydrazine groups is 2. The molecule has 0 aliphatic rings. The number of nitro groups is 1. The zero-order valence-electron chi connectivity index (χ0n) is 13.2. The molecule has 1 aromatic heterocycles. The number of hydrogen-bond donors (Lipinski definition) is 4. The highest BCUT2D eigenvalue weighted by atomic mass is 16.6. The van der Waals surface area contributed by atoms with E-state index in [0.29, 0.717) is 0 Å². The second kappa shape index (κ2) is 6.19. The van der Waals surface area contributed by atoms with Crippen molar-refractivity contribution in [2.45, 2.75) is 52.6 Å². The third-order valence-corrected chi connectivity index (χ3v) is 2.12. The Morgan fingerprint density at radius 1 is 0.952 bits per heavy atom. The van der Waals surface area contributed by atoms with Crippen molar-refractivity contribution in [3.63, 3.8) is 0 Å². The molecule has 0 aliphatic carbocycles. The van der Waals surface area contributed by atoms with Crippen molar-refractivity contribution in [2.75, 3.05) is 10.9 Å². The van der Waals surface area contributed by atoms with Gasteiger partial charge in [0.25, 0.3) is 0 Å². The van der Waals surface area contributed by atoms with Gasteiger partial charge in [0.15, 0.2) is 0 Å². The van der Waals surface area contributed by atoms with Gasteiger partial charge in [-0.15, -0.1) is 0 Å². The molecule has 9 heteroatoms. The van der Waals surface area contributed by atoms with Gasteiger partial charge in [-0.3, -0.25) is 21.0 Å². The number of nitrogens with zero attached hydrogens (tertiary/aromatic N) is 3. The summed E-state index contributed by atoms with van der Waals surface area (Å²) in [7, 11) is 0. The maximum atomic E-state index is 11.3. The number of hydrogen-bond acceptors (Lipinski definition) is 8. The summed E-state index contributed by atoms with van der Waals surface area (Å²) in [6.45, 7) is 11.5. The van der Waals surface area contributed by atoms with Crippen LogP contribution >= 0.6 is 0 Å². The highest BCUT2D eigenvalue weighted by Crippen LogP contribution is 2.28. The van der Waals surface area contributed by atoms with E-state index in [4.69, 9.17) is 0 Å². The first kappa shape index (κ1) is 17.1. The molecular weight excluding hydrogens is 274 g/mol. The van der Waals surface area contributed by atoms with Crippen molar-refractivity contribution < 1.29 is 4.92 Å². The van der Waals surface area contributed by atoms with Crippen molar-refractivity contribution in [3.05, 3.63) is 16.4 Å². The predicted octanol–water partition coefficient (Wildman–Crippen LogP) is 1.81. The molecule has 1 aromatic rings. The van der Waals surface area contributed by atoms with Crippen molar-refractivity contribution in [3.8, 4) is 0 Å². The van der Waals surface area contributed by atoms with Gasteiger partial charge < -0.3 is 0 Å². The van der Waals surface area contributed by atoms with E-state index in [1.54, 1.807) is 0 Å². The fourth-order valence-corrected chi connectivity index (χ4v) is 1.23. The van der Waals surface area contributed by atoms with Gasteiger partial charge in [-0.2, -0.15) is 0 Å². The Labute approximate surface area is 124 Å². The third-order valence-electron chi connectivity index (χ3n) is 2.12. The first-order chi connectivity index (χ1) is 9.49. The Hall–Kier alpha value is -2.00. The maximum Gasteiger partial charge on any atom is 0.355 e. The Morgan fingerprint density at radius 3 is 1.62 bits per heavy atom. The lowest BCUT2D eigenvalue weighted by atomic mass is 10.1. The van der Waals surface area contributed by atoms with Gasteiger partial charge in [0, 0.05) is 11.1 Å². The van der Waals surface area contributed by atoms with Crippen molar-refractivity contribution >= 4 is 17.3 Å². The Kier molecular flexibility index (Phi) is 5.02. The van der Waals surface area contributed by atoms with Crippen LogP contribution in [0.15, 0.2) is 6.33 Å². The normalized spacial score (nSPS) is 12.1. The quantitative estimate of drug-likeness (QED) is 0.480. The van der Waals surface area contributed by atoms with Crippen LogP contribution < -0.4 is 21.7 Å². The molecule has 1 heterocycles. The summed E-state index contributed by atoms with van der Waals surface area (Å²) in [6.07, 6.45) is 1.26. The van der Waals surface area contributed by atoms with E-state index in [9.17, 15) is 10.1 Å². The lowest BCUT2D eigenvalue weighted by molar-refractivity contribution is -0.383. The Bertz CT molecular complexity index is 469. The van der Waals surface area contributed by atoms with E-state index in [1.165, 1.54) is 6.33 Å². The first-order valence-electron chi connectivity index (χ1n) is 6.55. The van der Waals surface area contributed by atoms with Gasteiger partial charge in [0.1, 0.15) is 6.33 Å². The SMILES string of the molecule is CC(C)(C)NNc1ncnc(NNC(C)(C)C)c1[N+](=O)[O-]. The average molecular weight is 297 g/mol. The first-order valence-corrected chi connectivity index (χ1v) is 6.55. The van der Waals surface area contributed by atoms with E-state index < -0.39 is 4.92 Å². The molecule has 0 aromatic carbocycles. The lowest BCUT2D eigenvalue weighted by Crippen LogP contribution is -2.41. The van der Waals surface area contributed by atoms with E-state index in [1.807, 2.05) is 41.5 Å². The van der Waals surface area contributed by atoms with Crippen LogP contribution in [-0.4, -0.2) is 26.0 Å². The molecule has 0 spiro atoms. The summed E-state index contributed by atoms with van der Waals surface area (Å²) in [5.41, 5.74) is 10.6. The number of aromatic nitrogens is 2. The summed E-state index contributed by atoms with van der Waals surface area (Å²) >= 11 is 0. The number of anilines is 2. The van der Waals surface area contributed by atoms with Crippen LogP contribution in [0, 0.1) is 10.1 Å². The smallest absolute Gasteiger partial charge is 0.299 e. The highest BCUT2D eigenvalue weighted by Gasteiger charge is 2.24. The number of nitrogens with one attached hydrogen (secondary N) is 4. The van der Waals surface area contributed by atoms with Crippen molar-refractivity contribution in [2.24, 2.45) is 0 Å². The lowest BCUT2D eigenvalue weighted by Gasteiger charge is -2.23. The van der Waals surface area contributed by atoms with Gasteiger partial charge >= 0.3 is 5.69 Å². The highest BCUT2D eigenvalue weighted by molar-refractivity contribution is 5.68. The molecule has 0 aliphatic heterocycles. The van der Waals surface area contributed by atoms with Gasteiger partial charge in [-0.1, -0.05) is 0 Å². The van der Waals surface area contributed by atoms with Crippen LogP contribution in [0.5, 0.6) is 0 Å². The average Bonchev–Trinajstić information content (AvgIpc) is 2.31. The standard InChI is InChI=1S/C12H23N7O2/c1-11(2,3)17-15-9-8(19(20)21)10(14-7-13-9)16-18-12(4,5)6/h7,17-18H,1-6H3,(H2,13,14,15,16). The van der Waals surface area contributed by atoms with Gasteiger partial charge in [-0.25, -0.2) is 20.8 Å². The minimum absolute atomic E-state index is 0.100. The van der Waals surface area contributed by atoms with Gasteiger partial charge in [0.05, 0.1) is 4.92 Å². The summed E-state index contributed by atoms with van der Waals surface area (Å²) in [5, 5.41) is 11.3. The molecule has 0 saturated heterocycles. The monoisotopic (exact) mass is 297 g/mol. The van der Waals surface area contributed by atoms with Gasteiger partial charge in [0.2, 0.25) is 11.6 Å². The van der Waals surface area contributed by atoms with Crippen molar-refractivity contribution in [1.29, 1.82) is 0 Å². The topological polar surface area (TPSA) is 117 Å². The third kappa shape index (κ3) is 5.88. The second-order valence-electron chi connectivity index (χ2n) is 6.68. The second-order valence-corrected chi connectivity index (χ2v) is 6.68. The molecule has 0 atom stereocenters. The molecule has 4 N–H and O–H groups in total. The van der Waals surface area contributed by atoms with Gasteiger partial charge in [-0.05, 0) is 41.5 Å². The Balaban J connectivity index is 3.01. The molecule has 9 nitrogen and oxygen atoms in total. The van der Waals surface area contributed by atoms with Crippen LogP contribution in [0.1, 0.15) is 41.5 Å². The molecule has 118 valence electrons. The predicted molar refractivity (Wildman–Crippen MR) is 81.7 cm³/mol. The van der Waals surface area contributed by atoms with E-state index >= 15 is 0 Å². The molecule has 0 bridgehead atoms. The minimum Gasteiger partial charge on any atom is -0.299 e. The molecule has 0 amide bonds. The molecule has 0 saturated carbocycles. The number of rotatable bonds is 5. The molecule has 0 fully saturated rings. The van der Waals surface area contributed by atoms with E-state index in [2.05, 4.69) is 31.7 Å². The van der Waals surface area contributed by atoms with E-state index in [0.717, 1.165) is 0 Å². The molecule has 0 unspecified atom stereocenters. The van der Waals surface area contributed by atoms with Crippen LogP contribution in [-0.2, 0) is 0 Å². The maximum absolute atomic E-state index is 11.3. The Morgan fingerprint density at radius 2 is 1.33 bits per heavy atom. The van der Waals surface area contributed by atoms with Crippen molar-refractivity contribution in [1.82, 2.24) is 20.8 Å². The van der Waals surface area contributed by atoms with E-state index in [-0.39, 0.29) is 28.4 Å². The fraction of sp³-hybridized carbons (Fsp3) is 0.667. The molecular formula is C12H23N7O2. The summed E-state index contributed by atoms with van der Waals surface area (Å²) < 4.78 is 0. The van der Waals surface area contributed by atoms with Crippen LogP contribution in [0.2, 0.25) is 0 Å². The molecule has 1 rings (SSSR count). The minimum atomic E-state index is -0.528. The zero-order valence-corrected chi connectivity index (χ0v) is 13.2. The summed E-state index contributed by atoms with van der Waals surface area (Å²) in [6, 6.07) is 0. The van der Waals surface area contributed by atoms with Crippen LogP contribution in [0.4, 0.5) is 17.3 Å².